The van der Waals surface area contributed by atoms with Crippen LogP contribution in [0.3, 0.4) is 0 Å². The Labute approximate surface area is 166 Å². The quantitative estimate of drug-likeness (QED) is 0.763. The van der Waals surface area contributed by atoms with Crippen molar-refractivity contribution in [1.82, 2.24) is 4.57 Å². The van der Waals surface area contributed by atoms with Crippen LogP contribution in [-0.4, -0.2) is 23.1 Å². The standard InChI is InChI=1S/C21H21N3O5/c1-4-24-11(3)10-14-15(18(24)25)21(16(17(22)29-14)19(26)28-5-2)12-8-6-7-9-13(12)23-20(21)27/h6-10H,4-5,22H2,1-3H3,(H,23,27). The largest absolute Gasteiger partial charge is 0.462 e. The van der Waals surface area contributed by atoms with Gasteiger partial charge < -0.3 is 25.1 Å². The lowest BCUT2D eigenvalue weighted by molar-refractivity contribution is -0.140. The summed E-state index contributed by atoms with van der Waals surface area (Å²) in [4.78, 5) is 39.9. The molecule has 4 rings (SSSR count). The highest BCUT2D eigenvalue weighted by Crippen LogP contribution is 2.52. The van der Waals surface area contributed by atoms with Crippen molar-refractivity contribution >= 4 is 17.6 Å². The van der Waals surface area contributed by atoms with Gasteiger partial charge in [0.25, 0.3) is 5.56 Å². The number of ether oxygens (including phenoxy) is 2. The molecule has 3 heterocycles. The summed E-state index contributed by atoms with van der Waals surface area (Å²) >= 11 is 0. The molecule has 2 aromatic rings. The number of aromatic nitrogens is 1. The number of nitrogens with zero attached hydrogens (tertiary/aromatic N) is 1. The lowest BCUT2D eigenvalue weighted by Crippen LogP contribution is -2.50. The van der Waals surface area contributed by atoms with Crippen LogP contribution in [0.5, 0.6) is 5.75 Å². The van der Waals surface area contributed by atoms with Gasteiger partial charge in [0.15, 0.2) is 0 Å². The van der Waals surface area contributed by atoms with Gasteiger partial charge >= 0.3 is 5.97 Å². The van der Waals surface area contributed by atoms with Gasteiger partial charge in [0, 0.05) is 29.6 Å². The number of anilines is 1. The fraction of sp³-hybridized carbons (Fsp3) is 0.286. The molecule has 1 spiro atoms. The number of para-hydroxylation sites is 1. The SMILES string of the molecule is CCOC(=O)C1=C(N)Oc2cc(C)n(CC)c(=O)c2C12C(=O)Nc1ccccc12. The number of carbonyl (C=O) groups excluding carboxylic acids is 2. The summed E-state index contributed by atoms with van der Waals surface area (Å²) < 4.78 is 12.4. The van der Waals surface area contributed by atoms with E-state index in [0.29, 0.717) is 23.5 Å². The Morgan fingerprint density at radius 3 is 2.69 bits per heavy atom. The Morgan fingerprint density at radius 1 is 1.28 bits per heavy atom. The van der Waals surface area contributed by atoms with Crippen LogP contribution in [0.4, 0.5) is 5.69 Å². The van der Waals surface area contributed by atoms with Crippen molar-refractivity contribution in [2.75, 3.05) is 11.9 Å². The molecular formula is C21H21N3O5. The van der Waals surface area contributed by atoms with Crippen LogP contribution in [0, 0.1) is 6.92 Å². The molecule has 0 radical (unpaired) electrons. The third-order valence-corrected chi connectivity index (χ3v) is 5.40. The Morgan fingerprint density at radius 2 is 2.00 bits per heavy atom. The number of aryl methyl sites for hydroxylation is 1. The molecule has 2 aliphatic rings. The minimum absolute atomic E-state index is 0.0599. The first kappa shape index (κ1) is 18.8. The van der Waals surface area contributed by atoms with E-state index in [2.05, 4.69) is 5.32 Å². The number of nitrogens with two attached hydrogens (primary N) is 1. The average molecular weight is 395 g/mol. The van der Waals surface area contributed by atoms with E-state index in [1.165, 1.54) is 4.57 Å². The summed E-state index contributed by atoms with van der Waals surface area (Å²) in [5, 5.41) is 2.79. The number of hydrogen-bond acceptors (Lipinski definition) is 6. The van der Waals surface area contributed by atoms with E-state index in [1.54, 1.807) is 44.2 Å². The van der Waals surface area contributed by atoms with Crippen molar-refractivity contribution in [3.8, 4) is 5.75 Å². The number of carbonyl (C=O) groups is 2. The van der Waals surface area contributed by atoms with E-state index in [1.807, 2.05) is 6.92 Å². The Kier molecular flexibility index (Phi) is 4.22. The summed E-state index contributed by atoms with van der Waals surface area (Å²) in [6.45, 7) is 5.72. The zero-order valence-corrected chi connectivity index (χ0v) is 16.4. The first-order chi connectivity index (χ1) is 13.9. The maximum atomic E-state index is 13.5. The van der Waals surface area contributed by atoms with E-state index in [9.17, 15) is 14.4 Å². The maximum absolute atomic E-state index is 13.5. The first-order valence-electron chi connectivity index (χ1n) is 9.38. The molecule has 0 fully saturated rings. The minimum atomic E-state index is -1.75. The van der Waals surface area contributed by atoms with E-state index in [4.69, 9.17) is 15.2 Å². The number of benzene rings is 1. The van der Waals surface area contributed by atoms with Crippen molar-refractivity contribution in [2.24, 2.45) is 5.73 Å². The van der Waals surface area contributed by atoms with Gasteiger partial charge in [-0.1, -0.05) is 18.2 Å². The molecule has 8 heteroatoms. The Bertz CT molecular complexity index is 1150. The van der Waals surface area contributed by atoms with E-state index >= 15 is 0 Å². The molecule has 1 unspecified atom stereocenters. The molecule has 0 saturated heterocycles. The van der Waals surface area contributed by atoms with Crippen LogP contribution in [0.25, 0.3) is 0 Å². The Hall–Kier alpha value is -3.55. The van der Waals surface area contributed by atoms with Crippen LogP contribution in [0.2, 0.25) is 0 Å². The summed E-state index contributed by atoms with van der Waals surface area (Å²) in [5.74, 6) is -1.44. The molecule has 0 saturated carbocycles. The van der Waals surface area contributed by atoms with Gasteiger partial charge in [-0.15, -0.1) is 0 Å². The molecule has 1 aromatic heterocycles. The fourth-order valence-electron chi connectivity index (χ4n) is 4.25. The van der Waals surface area contributed by atoms with Gasteiger partial charge in [-0.2, -0.15) is 0 Å². The second-order valence-electron chi connectivity index (χ2n) is 6.89. The van der Waals surface area contributed by atoms with Crippen molar-refractivity contribution in [2.45, 2.75) is 32.7 Å². The lowest BCUT2D eigenvalue weighted by atomic mass is 9.68. The van der Waals surface area contributed by atoms with Crippen LogP contribution < -0.4 is 21.3 Å². The second kappa shape index (κ2) is 6.51. The average Bonchev–Trinajstić information content (AvgIpc) is 2.94. The molecule has 29 heavy (non-hydrogen) atoms. The Balaban J connectivity index is 2.18. The molecule has 8 nitrogen and oxygen atoms in total. The normalized spacial score (nSPS) is 19.5. The summed E-state index contributed by atoms with van der Waals surface area (Å²) in [6.07, 6.45) is 0. The predicted molar refractivity (Wildman–Crippen MR) is 105 cm³/mol. The number of rotatable bonds is 3. The molecule has 1 atom stereocenters. The van der Waals surface area contributed by atoms with Crippen LogP contribution in [0.15, 0.2) is 46.6 Å². The molecular weight excluding hydrogens is 374 g/mol. The summed E-state index contributed by atoms with van der Waals surface area (Å²) in [7, 11) is 0. The van der Waals surface area contributed by atoms with E-state index in [0.717, 1.165) is 0 Å². The zero-order chi connectivity index (χ0) is 20.9. The lowest BCUT2D eigenvalue weighted by Gasteiger charge is -2.35. The van der Waals surface area contributed by atoms with Gasteiger partial charge in [0.05, 0.1) is 12.2 Å². The minimum Gasteiger partial charge on any atom is -0.462 e. The topological polar surface area (TPSA) is 113 Å². The van der Waals surface area contributed by atoms with Gasteiger partial charge in [0.2, 0.25) is 11.8 Å². The number of esters is 1. The predicted octanol–water partition coefficient (Wildman–Crippen LogP) is 1.54. The molecule has 0 bridgehead atoms. The summed E-state index contributed by atoms with van der Waals surface area (Å²) in [5.41, 5.74) is 5.48. The van der Waals surface area contributed by atoms with Crippen molar-refractivity contribution in [1.29, 1.82) is 0 Å². The number of hydrogen-bond donors (Lipinski definition) is 2. The van der Waals surface area contributed by atoms with Crippen molar-refractivity contribution in [3.05, 3.63) is 69.0 Å². The molecule has 1 aromatic carbocycles. The molecule has 1 amide bonds. The highest BCUT2D eigenvalue weighted by atomic mass is 16.5. The number of pyridine rings is 1. The van der Waals surface area contributed by atoms with Gasteiger partial charge in [-0.05, 0) is 26.8 Å². The molecule has 0 aliphatic carbocycles. The fourth-order valence-corrected chi connectivity index (χ4v) is 4.25. The number of amides is 1. The summed E-state index contributed by atoms with van der Waals surface area (Å²) in [6, 6.07) is 8.56. The van der Waals surface area contributed by atoms with E-state index < -0.39 is 22.9 Å². The maximum Gasteiger partial charge on any atom is 0.341 e. The second-order valence-corrected chi connectivity index (χ2v) is 6.89. The molecule has 2 aliphatic heterocycles. The first-order valence-corrected chi connectivity index (χ1v) is 9.38. The zero-order valence-electron chi connectivity index (χ0n) is 16.4. The van der Waals surface area contributed by atoms with Gasteiger partial charge in [-0.25, -0.2) is 4.79 Å². The highest BCUT2D eigenvalue weighted by molar-refractivity contribution is 6.17. The van der Waals surface area contributed by atoms with Crippen molar-refractivity contribution in [3.63, 3.8) is 0 Å². The van der Waals surface area contributed by atoms with Gasteiger partial charge in [0.1, 0.15) is 16.7 Å². The highest BCUT2D eigenvalue weighted by Gasteiger charge is 2.60. The third kappa shape index (κ3) is 2.35. The van der Waals surface area contributed by atoms with Crippen LogP contribution >= 0.6 is 0 Å². The van der Waals surface area contributed by atoms with E-state index in [-0.39, 0.29) is 29.4 Å². The third-order valence-electron chi connectivity index (χ3n) is 5.40. The van der Waals surface area contributed by atoms with Crippen molar-refractivity contribution < 1.29 is 19.1 Å². The van der Waals surface area contributed by atoms with Crippen LogP contribution in [-0.2, 0) is 26.3 Å². The molecule has 3 N–H and O–H groups in total. The number of nitrogens with one attached hydrogen (secondary N) is 1. The van der Waals surface area contributed by atoms with Crippen LogP contribution in [0.1, 0.15) is 30.7 Å². The monoisotopic (exact) mass is 395 g/mol. The smallest absolute Gasteiger partial charge is 0.341 e. The van der Waals surface area contributed by atoms with Gasteiger partial charge in [-0.3, -0.25) is 9.59 Å². The number of fused-ring (bicyclic) bond motifs is 4. The molecule has 150 valence electrons.